The molecule has 3 heterocycles. The van der Waals surface area contributed by atoms with Crippen LogP contribution in [-0.2, 0) is 68.8 Å². The second kappa shape index (κ2) is 36.8. The van der Waals surface area contributed by atoms with Gasteiger partial charge in [0.05, 0.1) is 45.4 Å². The Kier molecular flexibility index (Phi) is 29.6. The number of nitrogens with one attached hydrogen (secondary N) is 8. The molecule has 0 aliphatic carbocycles. The lowest BCUT2D eigenvalue weighted by Gasteiger charge is -2.32. The van der Waals surface area contributed by atoms with Gasteiger partial charge < -0.3 is 88.0 Å². The minimum absolute atomic E-state index is 0.0367. The highest BCUT2D eigenvalue weighted by Gasteiger charge is 2.40. The number of methoxy groups -OCH3 is 1. The van der Waals surface area contributed by atoms with Gasteiger partial charge in [-0.15, -0.1) is 6.58 Å². The number of piperidine rings is 2. The van der Waals surface area contributed by atoms with Crippen molar-refractivity contribution in [2.24, 2.45) is 5.73 Å². The fourth-order valence-electron chi connectivity index (χ4n) is 9.57. The van der Waals surface area contributed by atoms with E-state index in [1.807, 2.05) is 0 Å². The van der Waals surface area contributed by atoms with Crippen LogP contribution in [-0.4, -0.2) is 233 Å². The number of hydrogen-bond donors (Lipinski definition) is 13. The van der Waals surface area contributed by atoms with E-state index in [0.29, 0.717) is 55.0 Å². The van der Waals surface area contributed by atoms with Gasteiger partial charge in [-0.3, -0.25) is 67.8 Å². The number of anilines is 2. The first kappa shape index (κ1) is 74.7. The number of nitrogen functional groups attached to an aromatic ring is 1. The molecule has 3 unspecified atom stereocenters. The predicted molar refractivity (Wildman–Crippen MR) is 335 cm³/mol. The zero-order chi connectivity index (χ0) is 68.5. The van der Waals surface area contributed by atoms with Crippen LogP contribution >= 0.6 is 21.6 Å². The molecule has 93 heavy (non-hydrogen) atoms. The Morgan fingerprint density at radius 2 is 1.54 bits per heavy atom. The van der Waals surface area contributed by atoms with Gasteiger partial charge in [0, 0.05) is 85.0 Å². The third kappa shape index (κ3) is 23.5. The van der Waals surface area contributed by atoms with Crippen LogP contribution in [0.3, 0.4) is 0 Å². The lowest BCUT2D eigenvalue weighted by atomic mass is 10.0. The van der Waals surface area contributed by atoms with Crippen LogP contribution in [0.1, 0.15) is 91.5 Å². The molecule has 33 nitrogen and oxygen atoms in total. The molecule has 508 valence electrons. The monoisotopic (exact) mass is 1340 g/mol. The number of carboxylic acid groups (broad SMARTS) is 3. The lowest BCUT2D eigenvalue weighted by molar-refractivity contribution is -0.142. The Bertz CT molecular complexity index is 3110. The summed E-state index contributed by atoms with van der Waals surface area (Å²) in [6, 6.07) is 1.69. The molecule has 0 bridgehead atoms. The second-order valence-corrected chi connectivity index (χ2v) is 24.5. The summed E-state index contributed by atoms with van der Waals surface area (Å²) in [5, 5.41) is 47.2. The Morgan fingerprint density at radius 3 is 2.18 bits per heavy atom. The predicted octanol–water partition coefficient (Wildman–Crippen LogP) is -1.50. The maximum Gasteiger partial charge on any atom is 0.410 e. The Labute approximate surface area is 542 Å². The molecule has 2 aromatic carbocycles. The summed E-state index contributed by atoms with van der Waals surface area (Å²) in [4.78, 5) is 183. The summed E-state index contributed by atoms with van der Waals surface area (Å²) < 4.78 is 17.0. The quantitative estimate of drug-likeness (QED) is 0.0120. The molecule has 2 aromatic rings. The van der Waals surface area contributed by atoms with Crippen molar-refractivity contribution in [1.82, 2.24) is 51.9 Å². The van der Waals surface area contributed by atoms with E-state index in [-0.39, 0.29) is 87.5 Å². The number of nitrogens with zero attached hydrogens (tertiary/aromatic N) is 3. The van der Waals surface area contributed by atoms with Crippen molar-refractivity contribution in [3.8, 4) is 5.75 Å². The van der Waals surface area contributed by atoms with E-state index in [0.717, 1.165) is 32.6 Å². The number of imide groups is 1. The van der Waals surface area contributed by atoms with Crippen molar-refractivity contribution in [3.05, 3.63) is 65.7 Å². The second-order valence-electron chi connectivity index (χ2n) is 21.7. The molecule has 2 fully saturated rings. The van der Waals surface area contributed by atoms with Crippen LogP contribution in [0.25, 0.3) is 0 Å². The van der Waals surface area contributed by atoms with Gasteiger partial charge >= 0.3 is 24.0 Å². The number of carbonyl (C=O) groups is 14. The number of fused-ring (bicyclic) bond motifs is 1. The third-order valence-electron chi connectivity index (χ3n) is 14.8. The fraction of sp³-hybridized carbons (Fsp3) is 0.517. The number of benzene rings is 2. The Hall–Kier alpha value is -9.06. The molecular weight excluding hydrogens is 1260 g/mol. The average Bonchev–Trinajstić information content (AvgIpc) is 1.63. The van der Waals surface area contributed by atoms with E-state index in [1.165, 1.54) is 12.0 Å². The number of ether oxygens (including phenoxy) is 3. The molecule has 7 atom stereocenters. The first-order valence-electron chi connectivity index (χ1n) is 29.5. The highest BCUT2D eigenvalue weighted by molar-refractivity contribution is 8.77. The largest absolute Gasteiger partial charge is 0.495 e. The summed E-state index contributed by atoms with van der Waals surface area (Å²) in [6.07, 6.45) is -1.20. The molecular formula is C58H79N13O20S2. The molecule has 3 aliphatic rings. The number of hydrogen-bond acceptors (Lipinski definition) is 22. The molecule has 35 heteroatoms. The SMILES string of the molecule is C=C[C@@H](NC(=O)[C@@H](CC(=O)O)NC(=O)CNC(=O)[C@@H](CC(=O)O)NC(=O)CCCN)C(=O)N[C@H](CSSC(C)C(C)OC(=O)N(CCOCCN1CCC(NC(=O)c2ccc(N)c(OC)c2)CC1)CC(=O)Nc1cccc2c1CN(C1CCC(=O)NC1=O)C2=O)C(=O)O. The normalized spacial score (nSPS) is 16.7. The Morgan fingerprint density at radius 1 is 0.849 bits per heavy atom. The van der Waals surface area contributed by atoms with Gasteiger partial charge in [0.1, 0.15) is 48.6 Å². The molecule has 11 amide bonds. The Balaban J connectivity index is 1.15. The van der Waals surface area contributed by atoms with Crippen LogP contribution in [0.2, 0.25) is 0 Å². The van der Waals surface area contributed by atoms with Crippen molar-refractivity contribution in [2.75, 3.05) is 82.9 Å². The van der Waals surface area contributed by atoms with Gasteiger partial charge in [-0.1, -0.05) is 33.7 Å². The van der Waals surface area contributed by atoms with Gasteiger partial charge in [-0.05, 0) is 76.4 Å². The molecule has 0 saturated carbocycles. The van der Waals surface area contributed by atoms with E-state index in [1.54, 1.807) is 50.2 Å². The van der Waals surface area contributed by atoms with Gasteiger partial charge in [0.2, 0.25) is 47.3 Å². The summed E-state index contributed by atoms with van der Waals surface area (Å²) in [7, 11) is 3.51. The van der Waals surface area contributed by atoms with Crippen LogP contribution in [0.4, 0.5) is 16.2 Å². The van der Waals surface area contributed by atoms with Crippen LogP contribution in [0, 0.1) is 0 Å². The van der Waals surface area contributed by atoms with Gasteiger partial charge in [-0.2, -0.15) is 0 Å². The van der Waals surface area contributed by atoms with Crippen LogP contribution < -0.4 is 58.7 Å². The number of amides is 11. The summed E-state index contributed by atoms with van der Waals surface area (Å²) in [5.41, 5.74) is 13.0. The number of likely N-dealkylation sites (tertiary alicyclic amines) is 1. The summed E-state index contributed by atoms with van der Waals surface area (Å²) in [6.45, 7) is 7.23. The molecule has 0 aromatic heterocycles. The van der Waals surface area contributed by atoms with Gasteiger partial charge in [-0.25, -0.2) is 9.59 Å². The zero-order valence-electron chi connectivity index (χ0n) is 51.4. The van der Waals surface area contributed by atoms with Crippen LogP contribution in [0.5, 0.6) is 5.75 Å². The number of aliphatic carboxylic acids is 3. The minimum atomic E-state index is -1.88. The van der Waals surface area contributed by atoms with Crippen molar-refractivity contribution >= 4 is 116 Å². The number of carbonyl (C=O) groups excluding carboxylic acids is 11. The number of nitrogens with two attached hydrogens (primary N) is 2. The maximum atomic E-state index is 14.0. The van der Waals surface area contributed by atoms with Gasteiger partial charge in [0.15, 0.2) is 0 Å². The molecule has 0 spiro atoms. The van der Waals surface area contributed by atoms with E-state index in [9.17, 15) is 82.4 Å². The minimum Gasteiger partial charge on any atom is -0.495 e. The van der Waals surface area contributed by atoms with Crippen molar-refractivity contribution in [3.63, 3.8) is 0 Å². The van der Waals surface area contributed by atoms with Crippen molar-refractivity contribution in [1.29, 1.82) is 0 Å². The van der Waals surface area contributed by atoms with E-state index in [4.69, 9.17) is 25.7 Å². The molecule has 0 radical (unpaired) electrons. The highest BCUT2D eigenvalue weighted by Crippen LogP contribution is 2.33. The molecule has 15 N–H and O–H groups in total. The third-order valence-corrected chi connectivity index (χ3v) is 17.9. The average molecular weight is 1340 g/mol. The number of carboxylic acids is 3. The van der Waals surface area contributed by atoms with E-state index in [2.05, 4.69) is 54.0 Å². The van der Waals surface area contributed by atoms with E-state index >= 15 is 0 Å². The molecule has 2 saturated heterocycles. The topological polar surface area (TPSA) is 485 Å². The standard InChI is InChI=1S/C58H79N13O20S2/c1-5-38(66-54(83)41(26-50(78)79)65-47(74)27-61-52(81)40(25-49(76)77)64-45(72)10-7-17-59)53(82)67-42(57(86)87)30-92-93-32(3)31(2)91-58(88)70(21-23-90-22-20-69-18-15-34(16-19-69)62-51(80)33-11-12-37(60)44(24-33)89-4)29-48(75)63-39-9-6-8-35-36(39)28-71(56(35)85)43-13-14-46(73)68-55(43)84/h5-6,8-9,11-12,24,31-32,34,38,40-43H,1,7,10,13-23,25-30,59-60H2,2-4H3,(H,61,81)(H,62,80)(H,63,75)(H,64,72)(H,65,74)(H,66,83)(H,67,82)(H,76,77)(H,78,79)(H,86,87)(H,68,73,84)/t31?,32?,38-,40-,41-,42-,43?/m1/s1. The maximum absolute atomic E-state index is 14.0. The zero-order valence-corrected chi connectivity index (χ0v) is 53.0. The molecule has 5 rings (SSSR count). The first-order valence-corrected chi connectivity index (χ1v) is 31.9. The first-order chi connectivity index (χ1) is 44.2. The smallest absolute Gasteiger partial charge is 0.410 e. The number of rotatable bonds is 37. The van der Waals surface area contributed by atoms with E-state index < -0.39 is 145 Å². The van der Waals surface area contributed by atoms with Crippen LogP contribution in [0.15, 0.2) is 49.1 Å². The van der Waals surface area contributed by atoms with Crippen molar-refractivity contribution in [2.45, 2.75) is 119 Å². The fourth-order valence-corrected chi connectivity index (χ4v) is 12.2. The highest BCUT2D eigenvalue weighted by atomic mass is 33.1. The summed E-state index contributed by atoms with van der Waals surface area (Å²) in [5.74, 6) is -12.2. The summed E-state index contributed by atoms with van der Waals surface area (Å²) >= 11 is 0. The molecule has 3 aliphatic heterocycles. The van der Waals surface area contributed by atoms with Gasteiger partial charge in [0.25, 0.3) is 11.8 Å². The lowest BCUT2D eigenvalue weighted by Crippen LogP contribution is -2.57. The van der Waals surface area contributed by atoms with Crippen molar-refractivity contribution < 1.29 is 96.7 Å².